The lowest BCUT2D eigenvalue weighted by Crippen LogP contribution is -2.50. The topological polar surface area (TPSA) is 167 Å². The van der Waals surface area contributed by atoms with E-state index in [-0.39, 0.29) is 16.5 Å². The number of rotatable bonds is 7. The number of anilines is 2. The highest BCUT2D eigenvalue weighted by molar-refractivity contribution is 5.84. The van der Waals surface area contributed by atoms with E-state index in [1.54, 1.807) is 36.7 Å². The SMILES string of the molecule is N#Cc1nccc(NC2CC[N+]([O-])(Cc3ccc(-n4c(-c5cccnc5N)nc5ccc(-c6ccc(F)cn6)nc54)cc3)CC2)n1. The number of fused-ring (bicyclic) bond motifs is 1. The Morgan fingerprint density at radius 1 is 0.935 bits per heavy atom. The number of pyridine rings is 3. The van der Waals surface area contributed by atoms with Gasteiger partial charge in [0.1, 0.15) is 35.6 Å². The molecule has 1 aliphatic rings. The standard InChI is InChI=1S/C33H28FN11O/c34-22-5-8-26(39-19-22)27-9-10-28-33(41-27)44(32(42-28)25-2-1-14-38-31(25)36)24-6-3-21(4-7-24)20-45(46)16-12-23(13-17-45)40-29-11-15-37-30(18-35)43-29/h1-11,14-15,19,23H,12-13,16-17,20H2,(H2,36,38)(H,37,40,43). The molecular weight excluding hydrogens is 585 g/mol. The number of hydroxylamine groups is 3. The van der Waals surface area contributed by atoms with E-state index in [0.717, 1.165) is 17.4 Å². The maximum absolute atomic E-state index is 13.7. The first-order valence-corrected chi connectivity index (χ1v) is 14.8. The number of nitrogen functional groups attached to an aromatic ring is 1. The number of hydrogen-bond acceptors (Lipinski definition) is 10. The Labute approximate surface area is 263 Å². The third-order valence-corrected chi connectivity index (χ3v) is 8.12. The number of likely N-dealkylation sites (tertiary alicyclic amines) is 1. The van der Waals surface area contributed by atoms with Crippen LogP contribution in [0, 0.1) is 22.4 Å². The van der Waals surface area contributed by atoms with Gasteiger partial charge in [0.15, 0.2) is 11.5 Å². The Morgan fingerprint density at radius 2 is 1.74 bits per heavy atom. The lowest BCUT2D eigenvalue weighted by molar-refractivity contribution is -0.898. The van der Waals surface area contributed by atoms with Crippen LogP contribution in [0.5, 0.6) is 0 Å². The Balaban J connectivity index is 1.15. The van der Waals surface area contributed by atoms with E-state index in [1.165, 1.54) is 6.07 Å². The lowest BCUT2D eigenvalue weighted by atomic mass is 10.0. The molecule has 0 amide bonds. The van der Waals surface area contributed by atoms with Crippen LogP contribution in [0.15, 0.2) is 85.3 Å². The van der Waals surface area contributed by atoms with Crippen LogP contribution in [0.1, 0.15) is 24.2 Å². The normalized spacial score (nSPS) is 17.9. The Bertz CT molecular complexity index is 2070. The molecule has 1 aliphatic heterocycles. The Kier molecular flexibility index (Phi) is 7.49. The van der Waals surface area contributed by atoms with Crippen molar-refractivity contribution in [2.45, 2.75) is 25.4 Å². The molecule has 6 aromatic rings. The third-order valence-electron chi connectivity index (χ3n) is 8.12. The van der Waals surface area contributed by atoms with Gasteiger partial charge in [-0.15, -0.1) is 0 Å². The molecule has 0 radical (unpaired) electrons. The number of hydrogen-bond donors (Lipinski definition) is 2. The van der Waals surface area contributed by atoms with Gasteiger partial charge in [0.05, 0.1) is 36.2 Å². The summed E-state index contributed by atoms with van der Waals surface area (Å²) in [5.74, 6) is 1.17. The minimum absolute atomic E-state index is 0.0966. The van der Waals surface area contributed by atoms with Gasteiger partial charge in [0.2, 0.25) is 5.82 Å². The summed E-state index contributed by atoms with van der Waals surface area (Å²) in [4.78, 5) is 26.3. The van der Waals surface area contributed by atoms with Gasteiger partial charge in [-0.3, -0.25) is 9.55 Å². The number of nitrogens with zero attached hydrogens (tertiary/aromatic N) is 9. The highest BCUT2D eigenvalue weighted by Gasteiger charge is 2.28. The number of nitriles is 1. The highest BCUT2D eigenvalue weighted by Crippen LogP contribution is 2.32. The molecule has 5 aromatic heterocycles. The molecule has 1 aromatic carbocycles. The molecule has 7 rings (SSSR count). The fraction of sp³-hybridized carbons (Fsp3) is 0.182. The summed E-state index contributed by atoms with van der Waals surface area (Å²) in [6.07, 6.45) is 5.70. The second-order valence-corrected chi connectivity index (χ2v) is 11.2. The summed E-state index contributed by atoms with van der Waals surface area (Å²) >= 11 is 0. The number of nitrogens with two attached hydrogens (primary N) is 1. The van der Waals surface area contributed by atoms with E-state index in [9.17, 15) is 9.60 Å². The third kappa shape index (κ3) is 5.82. The van der Waals surface area contributed by atoms with Crippen molar-refractivity contribution in [2.75, 3.05) is 24.1 Å². The van der Waals surface area contributed by atoms with E-state index in [4.69, 9.17) is 21.0 Å². The molecule has 0 aliphatic carbocycles. The molecule has 3 N–H and O–H groups in total. The van der Waals surface area contributed by atoms with Crippen LogP contribution in [-0.4, -0.2) is 58.2 Å². The fourth-order valence-corrected chi connectivity index (χ4v) is 5.79. The second kappa shape index (κ2) is 11.9. The van der Waals surface area contributed by atoms with Gasteiger partial charge >= 0.3 is 0 Å². The molecule has 0 unspecified atom stereocenters. The van der Waals surface area contributed by atoms with Crippen LogP contribution in [-0.2, 0) is 6.54 Å². The van der Waals surface area contributed by atoms with Crippen molar-refractivity contribution in [1.29, 1.82) is 5.26 Å². The van der Waals surface area contributed by atoms with Gasteiger partial charge in [-0.2, -0.15) is 5.26 Å². The number of halogens is 1. The molecule has 46 heavy (non-hydrogen) atoms. The monoisotopic (exact) mass is 613 g/mol. The van der Waals surface area contributed by atoms with E-state index < -0.39 is 5.82 Å². The van der Waals surface area contributed by atoms with Crippen molar-refractivity contribution in [3.05, 3.63) is 108 Å². The number of piperidine rings is 1. The molecule has 0 atom stereocenters. The zero-order valence-corrected chi connectivity index (χ0v) is 24.6. The largest absolute Gasteiger partial charge is 0.633 e. The minimum atomic E-state index is -0.426. The predicted octanol–water partition coefficient (Wildman–Crippen LogP) is 5.02. The summed E-state index contributed by atoms with van der Waals surface area (Å²) < 4.78 is 15.1. The zero-order valence-electron chi connectivity index (χ0n) is 24.6. The number of imidazole rings is 1. The summed E-state index contributed by atoms with van der Waals surface area (Å²) in [7, 11) is 0. The van der Waals surface area contributed by atoms with Gasteiger partial charge < -0.3 is 20.9 Å². The fourth-order valence-electron chi connectivity index (χ4n) is 5.79. The van der Waals surface area contributed by atoms with Gasteiger partial charge in [-0.05, 0) is 54.6 Å². The first-order valence-electron chi connectivity index (χ1n) is 14.8. The quantitative estimate of drug-likeness (QED) is 0.184. The van der Waals surface area contributed by atoms with Crippen LogP contribution in [0.25, 0.3) is 39.6 Å². The van der Waals surface area contributed by atoms with E-state index in [2.05, 4.69) is 25.3 Å². The lowest BCUT2D eigenvalue weighted by Gasteiger charge is -2.47. The zero-order chi connectivity index (χ0) is 31.7. The number of nitrogens with one attached hydrogen (secondary N) is 1. The molecule has 0 bridgehead atoms. The molecule has 0 saturated carbocycles. The van der Waals surface area contributed by atoms with Crippen LogP contribution in [0.3, 0.4) is 0 Å². The van der Waals surface area contributed by atoms with Gasteiger partial charge in [0, 0.05) is 42.5 Å². The van der Waals surface area contributed by atoms with Crippen molar-refractivity contribution < 1.29 is 9.04 Å². The maximum atomic E-state index is 13.7. The van der Waals surface area contributed by atoms with Crippen LogP contribution in [0.4, 0.5) is 16.0 Å². The van der Waals surface area contributed by atoms with Crippen LogP contribution in [0.2, 0.25) is 0 Å². The summed E-state index contributed by atoms with van der Waals surface area (Å²) in [5, 5.41) is 26.1. The molecule has 12 nitrogen and oxygen atoms in total. The van der Waals surface area contributed by atoms with Crippen molar-refractivity contribution in [2.24, 2.45) is 0 Å². The van der Waals surface area contributed by atoms with Crippen molar-refractivity contribution in [3.8, 4) is 34.5 Å². The molecule has 228 valence electrons. The first kappa shape index (κ1) is 28.9. The molecule has 1 fully saturated rings. The summed E-state index contributed by atoms with van der Waals surface area (Å²) in [5.41, 5.74) is 10.9. The van der Waals surface area contributed by atoms with Gasteiger partial charge in [0.25, 0.3) is 0 Å². The molecule has 0 spiro atoms. The average Bonchev–Trinajstić information content (AvgIpc) is 3.45. The van der Waals surface area contributed by atoms with Crippen LogP contribution < -0.4 is 11.1 Å². The van der Waals surface area contributed by atoms with Gasteiger partial charge in [-0.25, -0.2) is 29.3 Å². The smallest absolute Gasteiger partial charge is 0.234 e. The molecule has 1 saturated heterocycles. The first-order chi connectivity index (χ1) is 22.4. The highest BCUT2D eigenvalue weighted by atomic mass is 19.1. The number of quaternary nitrogens is 1. The summed E-state index contributed by atoms with van der Waals surface area (Å²) in [6.45, 7) is 1.25. The molecular formula is C33H28FN11O. The van der Waals surface area contributed by atoms with Gasteiger partial charge in [-0.1, -0.05) is 12.1 Å². The minimum Gasteiger partial charge on any atom is -0.633 e. The van der Waals surface area contributed by atoms with Crippen molar-refractivity contribution >= 4 is 22.8 Å². The molecule has 6 heterocycles. The van der Waals surface area contributed by atoms with E-state index in [0.29, 0.717) is 78.1 Å². The number of aromatic nitrogens is 7. The van der Waals surface area contributed by atoms with Crippen LogP contribution >= 0.6 is 0 Å². The predicted molar refractivity (Wildman–Crippen MR) is 170 cm³/mol. The number of benzene rings is 1. The van der Waals surface area contributed by atoms with E-state index in [1.807, 2.05) is 47.0 Å². The van der Waals surface area contributed by atoms with E-state index >= 15 is 0 Å². The Morgan fingerprint density at radius 3 is 2.48 bits per heavy atom. The summed E-state index contributed by atoms with van der Waals surface area (Å²) in [6, 6.07) is 21.8. The average molecular weight is 614 g/mol. The second-order valence-electron chi connectivity index (χ2n) is 11.2. The van der Waals surface area contributed by atoms with Crippen molar-refractivity contribution in [3.63, 3.8) is 0 Å². The Hall–Kier alpha value is -5.84. The van der Waals surface area contributed by atoms with Crippen molar-refractivity contribution in [1.82, 2.24) is 34.5 Å². The maximum Gasteiger partial charge on any atom is 0.234 e. The molecule has 13 heteroatoms.